The molecule has 0 rings (SSSR count). The van der Waals surface area contributed by atoms with Gasteiger partial charge in [0.15, 0.2) is 0 Å². The summed E-state index contributed by atoms with van der Waals surface area (Å²) in [6, 6.07) is -0.824. The molecule has 1 amide bonds. The fourth-order valence-corrected chi connectivity index (χ4v) is 6.74. The van der Waals surface area contributed by atoms with Crippen molar-refractivity contribution in [3.63, 3.8) is 0 Å². The highest BCUT2D eigenvalue weighted by Gasteiger charge is 2.22. The maximum atomic E-state index is 12.4. The van der Waals surface area contributed by atoms with Crippen LogP contribution in [0.1, 0.15) is 226 Å². The lowest BCUT2D eigenvalue weighted by Crippen LogP contribution is -2.48. The van der Waals surface area contributed by atoms with Crippen molar-refractivity contribution in [2.75, 3.05) is 6.61 Å². The van der Waals surface area contributed by atoms with Gasteiger partial charge in [-0.15, -0.1) is 0 Å². The third-order valence-electron chi connectivity index (χ3n) is 10.4. The van der Waals surface area contributed by atoms with E-state index in [1.165, 1.54) is 154 Å². The molecule has 0 aromatic carbocycles. The summed E-state index contributed by atoms with van der Waals surface area (Å²) >= 11 is 0. The second kappa shape index (κ2) is 43.0. The third kappa shape index (κ3) is 38.4. The summed E-state index contributed by atoms with van der Waals surface area (Å²) in [5.74, 6) is -0.523. The van der Waals surface area contributed by atoms with Crippen LogP contribution in [-0.2, 0) is 4.79 Å². The summed E-state index contributed by atoms with van der Waals surface area (Å²) in [6.45, 7) is 4.15. The smallest absolute Gasteiger partial charge is 0.249 e. The van der Waals surface area contributed by atoms with Gasteiger partial charge in [0, 0.05) is 0 Å². The number of hydrogen-bond acceptors (Lipinski definition) is 4. The third-order valence-corrected chi connectivity index (χ3v) is 10.4. The Balaban J connectivity index is 3.72. The lowest BCUT2D eigenvalue weighted by molar-refractivity contribution is -0.131. The van der Waals surface area contributed by atoms with Crippen LogP contribution in [0, 0.1) is 0 Å². The fourth-order valence-electron chi connectivity index (χ4n) is 6.74. The molecule has 0 aromatic rings. The van der Waals surface area contributed by atoms with Crippen molar-refractivity contribution in [3.8, 4) is 0 Å². The molecular weight excluding hydrogens is 655 g/mol. The standard InChI is InChI=1S/C48H89NO4/c1-3-5-7-9-11-13-15-17-19-20-21-22-23-24-25-26-27-28-29-31-32-34-36-38-40-42-46(51)45(44-50)49-48(53)47(52)43-41-39-37-35-33-30-18-16-14-12-10-8-6-4-2/h14,16,27-28,32,34,40,42,45-47,50-52H,3-13,15,17-26,29-31,33,35-39,41,43-44H2,1-2H3,(H,49,53)/b16-14-,28-27+,34-32+,42-40+. The molecule has 5 nitrogen and oxygen atoms in total. The highest BCUT2D eigenvalue weighted by atomic mass is 16.3. The topological polar surface area (TPSA) is 89.8 Å². The zero-order chi connectivity index (χ0) is 38.7. The summed E-state index contributed by atoms with van der Waals surface area (Å²) in [5, 5.41) is 33.1. The van der Waals surface area contributed by atoms with E-state index in [-0.39, 0.29) is 6.61 Å². The first-order valence-electron chi connectivity index (χ1n) is 23.0. The van der Waals surface area contributed by atoms with Gasteiger partial charge in [-0.05, 0) is 70.6 Å². The Kier molecular flexibility index (Phi) is 41.7. The van der Waals surface area contributed by atoms with Crippen molar-refractivity contribution >= 4 is 5.91 Å². The van der Waals surface area contributed by atoms with Crippen LogP contribution in [0.3, 0.4) is 0 Å². The quantitative estimate of drug-likeness (QED) is 0.0371. The molecule has 3 unspecified atom stereocenters. The number of hydrogen-bond donors (Lipinski definition) is 4. The molecule has 0 saturated carbocycles. The average Bonchev–Trinajstić information content (AvgIpc) is 3.16. The minimum absolute atomic E-state index is 0.384. The van der Waals surface area contributed by atoms with Crippen LogP contribution in [0.25, 0.3) is 0 Å². The number of rotatable bonds is 41. The molecule has 0 aliphatic carbocycles. The molecule has 0 bridgehead atoms. The number of amides is 1. The molecule has 310 valence electrons. The molecule has 5 heteroatoms. The second-order valence-corrected chi connectivity index (χ2v) is 15.6. The first kappa shape index (κ1) is 51.3. The zero-order valence-corrected chi connectivity index (χ0v) is 35.1. The van der Waals surface area contributed by atoms with E-state index in [0.29, 0.717) is 6.42 Å². The van der Waals surface area contributed by atoms with E-state index < -0.39 is 24.2 Å². The van der Waals surface area contributed by atoms with E-state index in [2.05, 4.69) is 55.6 Å². The van der Waals surface area contributed by atoms with Crippen molar-refractivity contribution < 1.29 is 20.1 Å². The fraction of sp³-hybridized carbons (Fsp3) is 0.812. The number of carbonyl (C=O) groups is 1. The largest absolute Gasteiger partial charge is 0.394 e. The van der Waals surface area contributed by atoms with Gasteiger partial charge in [-0.3, -0.25) is 4.79 Å². The molecule has 0 fully saturated rings. The lowest BCUT2D eigenvalue weighted by Gasteiger charge is -2.21. The van der Waals surface area contributed by atoms with Crippen molar-refractivity contribution in [1.82, 2.24) is 5.32 Å². The summed E-state index contributed by atoms with van der Waals surface area (Å²) in [7, 11) is 0. The van der Waals surface area contributed by atoms with Gasteiger partial charge in [-0.25, -0.2) is 0 Å². The van der Waals surface area contributed by atoms with Crippen molar-refractivity contribution in [2.24, 2.45) is 0 Å². The SMILES string of the molecule is CCCCCC/C=C\CCCCCCCCC(O)C(=O)NC(CO)C(O)/C=C/CC/C=C/CC/C=C/CCCCCCCCCCCCCCCCC. The van der Waals surface area contributed by atoms with Gasteiger partial charge in [0.25, 0.3) is 0 Å². The molecule has 0 radical (unpaired) electrons. The molecule has 0 aliphatic rings. The maximum Gasteiger partial charge on any atom is 0.249 e. The zero-order valence-electron chi connectivity index (χ0n) is 35.1. The summed E-state index contributed by atoms with van der Waals surface area (Å²) in [4.78, 5) is 12.4. The Hall–Kier alpha value is -1.69. The molecule has 0 saturated heterocycles. The Morgan fingerprint density at radius 1 is 0.453 bits per heavy atom. The maximum absolute atomic E-state index is 12.4. The first-order chi connectivity index (χ1) is 26.1. The van der Waals surface area contributed by atoms with Gasteiger partial charge in [0.1, 0.15) is 6.10 Å². The van der Waals surface area contributed by atoms with Gasteiger partial charge in [-0.2, -0.15) is 0 Å². The van der Waals surface area contributed by atoms with E-state index >= 15 is 0 Å². The predicted molar refractivity (Wildman–Crippen MR) is 231 cm³/mol. The number of nitrogens with one attached hydrogen (secondary N) is 1. The van der Waals surface area contributed by atoms with E-state index in [4.69, 9.17) is 0 Å². The Morgan fingerprint density at radius 3 is 1.17 bits per heavy atom. The highest BCUT2D eigenvalue weighted by Crippen LogP contribution is 2.15. The number of carbonyl (C=O) groups excluding carboxylic acids is 1. The van der Waals surface area contributed by atoms with Crippen LogP contribution in [-0.4, -0.2) is 46.1 Å². The van der Waals surface area contributed by atoms with Gasteiger partial charge in [-0.1, -0.05) is 204 Å². The monoisotopic (exact) mass is 744 g/mol. The second-order valence-electron chi connectivity index (χ2n) is 15.6. The molecule has 4 N–H and O–H groups in total. The number of aliphatic hydroxyl groups is 3. The normalized spacial score (nSPS) is 14.0. The van der Waals surface area contributed by atoms with Crippen LogP contribution in [0.5, 0.6) is 0 Å². The molecule has 3 atom stereocenters. The van der Waals surface area contributed by atoms with E-state index in [1.54, 1.807) is 6.08 Å². The van der Waals surface area contributed by atoms with E-state index in [9.17, 15) is 20.1 Å². The van der Waals surface area contributed by atoms with E-state index in [1.807, 2.05) is 6.08 Å². The summed E-state index contributed by atoms with van der Waals surface area (Å²) < 4.78 is 0. The minimum Gasteiger partial charge on any atom is -0.394 e. The Morgan fingerprint density at radius 2 is 0.774 bits per heavy atom. The van der Waals surface area contributed by atoms with Gasteiger partial charge < -0.3 is 20.6 Å². The lowest BCUT2D eigenvalue weighted by atomic mass is 10.0. The predicted octanol–water partition coefficient (Wildman–Crippen LogP) is 13.3. The molecule has 0 aromatic heterocycles. The molecule has 53 heavy (non-hydrogen) atoms. The molecular formula is C48H89NO4. The van der Waals surface area contributed by atoms with Crippen LogP contribution >= 0.6 is 0 Å². The number of unbranched alkanes of at least 4 members (excludes halogenated alkanes) is 27. The van der Waals surface area contributed by atoms with Crippen LogP contribution in [0.4, 0.5) is 0 Å². The van der Waals surface area contributed by atoms with Crippen LogP contribution < -0.4 is 5.32 Å². The van der Waals surface area contributed by atoms with Crippen LogP contribution in [0.2, 0.25) is 0 Å². The van der Waals surface area contributed by atoms with Crippen LogP contribution in [0.15, 0.2) is 48.6 Å². The molecule has 0 heterocycles. The molecule has 0 aliphatic heterocycles. The van der Waals surface area contributed by atoms with Gasteiger partial charge in [0.05, 0.1) is 18.8 Å². The molecule has 0 spiro atoms. The number of allylic oxidation sites excluding steroid dienone is 7. The van der Waals surface area contributed by atoms with Crippen molar-refractivity contribution in [2.45, 2.75) is 244 Å². The Labute approximate surface area is 329 Å². The van der Waals surface area contributed by atoms with Crippen molar-refractivity contribution in [1.29, 1.82) is 0 Å². The average molecular weight is 744 g/mol. The summed E-state index contributed by atoms with van der Waals surface area (Å²) in [6.07, 6.45) is 55.8. The summed E-state index contributed by atoms with van der Waals surface area (Å²) in [5.41, 5.74) is 0. The van der Waals surface area contributed by atoms with Crippen molar-refractivity contribution in [3.05, 3.63) is 48.6 Å². The first-order valence-corrected chi connectivity index (χ1v) is 23.0. The van der Waals surface area contributed by atoms with Gasteiger partial charge >= 0.3 is 0 Å². The van der Waals surface area contributed by atoms with E-state index in [0.717, 1.165) is 51.4 Å². The highest BCUT2D eigenvalue weighted by molar-refractivity contribution is 5.80. The minimum atomic E-state index is -1.11. The number of aliphatic hydroxyl groups excluding tert-OH is 3. The van der Waals surface area contributed by atoms with Gasteiger partial charge in [0.2, 0.25) is 5.91 Å². The Bertz CT molecular complexity index is 866.